The summed E-state index contributed by atoms with van der Waals surface area (Å²) in [6.07, 6.45) is 0. The summed E-state index contributed by atoms with van der Waals surface area (Å²) in [6.45, 7) is 0. The van der Waals surface area contributed by atoms with Gasteiger partial charge in [0.1, 0.15) is 0 Å². The number of rotatable bonds is 9. The first kappa shape index (κ1) is 18.6. The molecule has 0 bridgehead atoms. The van der Waals surface area contributed by atoms with E-state index in [1.807, 2.05) is 83.4 Å². The Morgan fingerprint density at radius 2 is 0.806 bits per heavy atom. The lowest BCUT2D eigenvalue weighted by Gasteiger charge is -2.27. The monoisotopic (exact) mass is 816 g/mol. The molecule has 2 heteroatoms. The highest BCUT2D eigenvalue weighted by Gasteiger charge is 2.18. The van der Waals surface area contributed by atoms with Crippen molar-refractivity contribution in [2.45, 2.75) is 0 Å². The molecule has 0 fully saturated rings. The zero-order chi connectivity index (χ0) is 63.9. The number of anilines is 3. The van der Waals surface area contributed by atoms with Gasteiger partial charge < -0.3 is 9.47 Å². The first-order valence-electron chi connectivity index (χ1n) is 32.1. The van der Waals surface area contributed by atoms with E-state index in [-0.39, 0.29) is 11.1 Å². The summed E-state index contributed by atoms with van der Waals surface area (Å²) < 4.78 is 239. The quantitative estimate of drug-likeness (QED) is 0.141. The molecule has 1 heterocycles. The van der Waals surface area contributed by atoms with Gasteiger partial charge in [-0.05, 0) is 122 Å². The third-order valence-corrected chi connectivity index (χ3v) is 10.1. The summed E-state index contributed by atoms with van der Waals surface area (Å²) in [6, 6.07) is 3.20. The van der Waals surface area contributed by atoms with Crippen LogP contribution in [0.3, 0.4) is 0 Å². The molecule has 0 aliphatic heterocycles. The normalized spacial score (nSPS) is 17.1. The number of hydrogen-bond donors (Lipinski definition) is 0. The fourth-order valence-electron chi connectivity index (χ4n) is 7.29. The molecule has 10 aromatic carbocycles. The predicted molar refractivity (Wildman–Crippen MR) is 263 cm³/mol. The second-order valence-electron chi connectivity index (χ2n) is 13.8. The summed E-state index contributed by atoms with van der Waals surface area (Å²) in [5, 5.41) is 1.35. The standard InChI is InChI=1S/C60H42N2/c1-5-15-43(16-6-1)45-25-32-51(33-26-45)61(54-38-39-55(48-19-9-3-10-20-48)57(42-54)49-21-11-4-12-22-49)52-34-29-47(30-35-52)50-31-40-60-58(41-50)56-23-13-14-24-59(56)62(60)53-36-27-46(28-37-53)44-17-7-2-8-18-44/h1-42H/i1D,3D,4D,5D,6D,9D,10D,11D,12D,15D,16D,19D,20D,21D,22D,25D,26D,29D,30D,32D,33D,34D,35D,38D,39D,42D. The Hall–Kier alpha value is -8.20. The number of aromatic nitrogens is 1. The van der Waals surface area contributed by atoms with Crippen molar-refractivity contribution in [3.63, 3.8) is 0 Å². The van der Waals surface area contributed by atoms with E-state index in [2.05, 4.69) is 0 Å². The van der Waals surface area contributed by atoms with Crippen molar-refractivity contribution >= 4 is 38.9 Å². The number of nitrogens with zero attached hydrogens (tertiary/aromatic N) is 2. The lowest BCUT2D eigenvalue weighted by atomic mass is 9.93. The van der Waals surface area contributed by atoms with Gasteiger partial charge in [0.25, 0.3) is 0 Å². The zero-order valence-electron chi connectivity index (χ0n) is 58.1. The SMILES string of the molecule is [2H]c1c([2H])c([2H])c(-c2c([2H])c([2H])c(N(c3c([2H])c([2H])c(-c4ccc5c(c4)c4ccccc4n5-c4ccc(-c5ccccc5)cc4)c([2H])c3[2H])c3c([2H])c([2H])c(-c4c([2H])c([2H])c([2H])c([2H])c4[2H])c(-c4c([2H])c([2H])c([2H])c([2H])c4[2H])c3[2H])c([2H])c2[2H])c([2H])c1[2H]. The Balaban J connectivity index is 1.24. The van der Waals surface area contributed by atoms with E-state index in [0.29, 0.717) is 15.8 Å². The zero-order valence-corrected chi connectivity index (χ0v) is 32.1. The van der Waals surface area contributed by atoms with Crippen molar-refractivity contribution in [3.05, 3.63) is 254 Å². The van der Waals surface area contributed by atoms with Crippen LogP contribution in [-0.4, -0.2) is 4.57 Å². The minimum atomic E-state index is -1.26. The average molecular weight is 817 g/mol. The van der Waals surface area contributed by atoms with E-state index >= 15 is 0 Å². The third-order valence-electron chi connectivity index (χ3n) is 10.1. The van der Waals surface area contributed by atoms with Crippen molar-refractivity contribution in [1.82, 2.24) is 4.57 Å². The van der Waals surface area contributed by atoms with Gasteiger partial charge in [-0.1, -0.05) is 188 Å². The van der Waals surface area contributed by atoms with Crippen molar-refractivity contribution < 1.29 is 35.6 Å². The van der Waals surface area contributed by atoms with Gasteiger partial charge in [0.2, 0.25) is 0 Å². The van der Waals surface area contributed by atoms with Crippen LogP contribution in [0.2, 0.25) is 0 Å². The Labute approximate surface area is 399 Å². The summed E-state index contributed by atoms with van der Waals surface area (Å²) in [5.74, 6) is 0. The van der Waals surface area contributed by atoms with Gasteiger partial charge in [0.15, 0.2) is 0 Å². The largest absolute Gasteiger partial charge is 0.310 e. The Morgan fingerprint density at radius 1 is 0.323 bits per heavy atom. The molecule has 11 aromatic rings. The van der Waals surface area contributed by atoms with Crippen LogP contribution in [0, 0.1) is 0 Å². The van der Waals surface area contributed by atoms with E-state index in [1.54, 1.807) is 18.2 Å². The van der Waals surface area contributed by atoms with Gasteiger partial charge in [-0.25, -0.2) is 0 Å². The molecule has 11 rings (SSSR count). The minimum Gasteiger partial charge on any atom is -0.310 e. The maximum Gasteiger partial charge on any atom is 0.0652 e. The van der Waals surface area contributed by atoms with Crippen LogP contribution < -0.4 is 4.90 Å². The molecule has 0 saturated carbocycles. The van der Waals surface area contributed by atoms with Crippen LogP contribution in [0.4, 0.5) is 17.1 Å². The number of benzene rings is 10. The molecule has 0 amide bonds. The maximum atomic E-state index is 10.2. The first-order chi connectivity index (χ1) is 41.6. The van der Waals surface area contributed by atoms with Crippen molar-refractivity contribution in [3.8, 4) is 61.3 Å². The number of fused-ring (bicyclic) bond motifs is 3. The molecule has 0 saturated heterocycles. The molecule has 0 atom stereocenters. The van der Waals surface area contributed by atoms with Crippen LogP contribution in [-0.2, 0) is 0 Å². The molecule has 0 spiro atoms. The fraction of sp³-hybridized carbons (Fsp3) is 0. The van der Waals surface area contributed by atoms with Crippen LogP contribution in [0.25, 0.3) is 83.1 Å². The van der Waals surface area contributed by atoms with Gasteiger partial charge in [-0.2, -0.15) is 0 Å². The Kier molecular flexibility index (Phi) is 4.83. The van der Waals surface area contributed by atoms with Crippen molar-refractivity contribution in [2.75, 3.05) is 4.90 Å². The summed E-state index contributed by atoms with van der Waals surface area (Å²) >= 11 is 0. The van der Waals surface area contributed by atoms with Gasteiger partial charge in [0, 0.05) is 33.5 Å². The Morgan fingerprint density at radius 3 is 1.45 bits per heavy atom. The lowest BCUT2D eigenvalue weighted by Crippen LogP contribution is -2.10. The van der Waals surface area contributed by atoms with Crippen LogP contribution in [0.5, 0.6) is 0 Å². The van der Waals surface area contributed by atoms with Gasteiger partial charge in [0.05, 0.1) is 46.7 Å². The molecule has 0 radical (unpaired) electrons. The Bertz CT molecular complexity index is 4720. The molecule has 0 N–H and O–H groups in total. The summed E-state index contributed by atoms with van der Waals surface area (Å²) in [4.78, 5) is 0.421. The highest BCUT2D eigenvalue weighted by molar-refractivity contribution is 6.10. The third kappa shape index (κ3) is 6.94. The van der Waals surface area contributed by atoms with Crippen LogP contribution in [0.1, 0.15) is 35.6 Å². The molecular weight excluding hydrogens is 749 g/mol. The molecule has 1 aromatic heterocycles. The van der Waals surface area contributed by atoms with E-state index in [1.165, 1.54) is 0 Å². The van der Waals surface area contributed by atoms with Crippen LogP contribution in [0.15, 0.2) is 254 Å². The number of hydrogen-bond acceptors (Lipinski definition) is 1. The maximum absolute atomic E-state index is 10.2. The first-order valence-corrected chi connectivity index (χ1v) is 19.1. The number of para-hydroxylation sites is 1. The van der Waals surface area contributed by atoms with Crippen molar-refractivity contribution in [2.24, 2.45) is 0 Å². The minimum absolute atomic E-state index is 0.138. The fourth-order valence-corrected chi connectivity index (χ4v) is 7.29. The lowest BCUT2D eigenvalue weighted by molar-refractivity contribution is 1.18. The summed E-state index contributed by atoms with van der Waals surface area (Å²) in [7, 11) is 0. The molecular formula is C60H42N2. The molecule has 0 aliphatic rings. The van der Waals surface area contributed by atoms with Crippen LogP contribution >= 0.6 is 0 Å². The van der Waals surface area contributed by atoms with E-state index in [0.717, 1.165) is 27.7 Å². The molecule has 0 aliphatic carbocycles. The second-order valence-corrected chi connectivity index (χ2v) is 13.8. The van der Waals surface area contributed by atoms with E-state index in [4.69, 9.17) is 20.6 Å². The van der Waals surface area contributed by atoms with Gasteiger partial charge >= 0.3 is 0 Å². The smallest absolute Gasteiger partial charge is 0.0652 e. The highest BCUT2D eigenvalue weighted by Crippen LogP contribution is 2.42. The second kappa shape index (κ2) is 16.1. The topological polar surface area (TPSA) is 8.17 Å². The molecule has 292 valence electrons. The highest BCUT2D eigenvalue weighted by atomic mass is 15.1. The van der Waals surface area contributed by atoms with Gasteiger partial charge in [-0.3, -0.25) is 0 Å². The molecule has 2 nitrogen and oxygen atoms in total. The predicted octanol–water partition coefficient (Wildman–Crippen LogP) is 16.6. The van der Waals surface area contributed by atoms with E-state index in [9.17, 15) is 15.1 Å². The summed E-state index contributed by atoms with van der Waals surface area (Å²) in [5.41, 5.74) is -4.63. The van der Waals surface area contributed by atoms with Crippen molar-refractivity contribution in [1.29, 1.82) is 0 Å². The van der Waals surface area contributed by atoms with E-state index < -0.39 is 208 Å². The molecule has 0 unspecified atom stereocenters. The average Bonchev–Trinajstić information content (AvgIpc) is 0.844. The van der Waals surface area contributed by atoms with Gasteiger partial charge in [-0.15, -0.1) is 0 Å². The molecule has 62 heavy (non-hydrogen) atoms.